The summed E-state index contributed by atoms with van der Waals surface area (Å²) >= 11 is 0. The normalized spacial score (nSPS) is 10.8. The molecule has 0 aliphatic carbocycles. The van der Waals surface area contributed by atoms with E-state index in [1.54, 1.807) is 6.20 Å². The van der Waals surface area contributed by atoms with E-state index in [0.717, 1.165) is 36.0 Å². The highest BCUT2D eigenvalue weighted by Crippen LogP contribution is 2.18. The summed E-state index contributed by atoms with van der Waals surface area (Å²) in [6.07, 6.45) is 2.84. The molecule has 0 bridgehead atoms. The molecule has 1 aromatic carbocycles. The number of nitrogens with one attached hydrogen (secondary N) is 3. The van der Waals surface area contributed by atoms with Gasteiger partial charge in [-0.05, 0) is 37.6 Å². The minimum absolute atomic E-state index is 0.0590. The van der Waals surface area contributed by atoms with Crippen LogP contribution >= 0.6 is 0 Å². The Balaban J connectivity index is 2.02. The highest BCUT2D eigenvalue weighted by atomic mass is 16.1. The van der Waals surface area contributed by atoms with E-state index in [1.807, 2.05) is 19.1 Å². The van der Waals surface area contributed by atoms with Gasteiger partial charge in [0, 0.05) is 18.5 Å². The summed E-state index contributed by atoms with van der Waals surface area (Å²) in [7, 11) is 0. The quantitative estimate of drug-likeness (QED) is 0.691. The van der Waals surface area contributed by atoms with Crippen molar-refractivity contribution in [2.45, 2.75) is 20.3 Å². The maximum Gasteiger partial charge on any atom is 0.253 e. The van der Waals surface area contributed by atoms with E-state index in [4.69, 9.17) is 0 Å². The molecule has 2 aromatic rings. The second-order valence-electron chi connectivity index (χ2n) is 4.65. The van der Waals surface area contributed by atoms with Gasteiger partial charge in [-0.3, -0.25) is 9.89 Å². The van der Waals surface area contributed by atoms with Crippen molar-refractivity contribution in [3.8, 4) is 0 Å². The number of aromatic amines is 1. The van der Waals surface area contributed by atoms with Gasteiger partial charge in [-0.25, -0.2) is 0 Å². The Bertz CT molecular complexity index is 562. The van der Waals surface area contributed by atoms with Gasteiger partial charge in [0.25, 0.3) is 5.91 Å². The summed E-state index contributed by atoms with van der Waals surface area (Å²) in [6, 6.07) is 3.90. The second kappa shape index (κ2) is 6.33. The zero-order valence-corrected chi connectivity index (χ0v) is 11.4. The highest BCUT2D eigenvalue weighted by Gasteiger charge is 2.11. The second-order valence-corrected chi connectivity index (χ2v) is 4.65. The van der Waals surface area contributed by atoms with Crippen LogP contribution in [0.15, 0.2) is 18.3 Å². The molecule has 0 radical (unpaired) electrons. The number of aromatic nitrogens is 2. The lowest BCUT2D eigenvalue weighted by molar-refractivity contribution is 0.0955. The van der Waals surface area contributed by atoms with Crippen LogP contribution in [0.3, 0.4) is 0 Å². The van der Waals surface area contributed by atoms with Crippen molar-refractivity contribution < 1.29 is 4.79 Å². The zero-order chi connectivity index (χ0) is 13.7. The van der Waals surface area contributed by atoms with Crippen LogP contribution in [0.1, 0.15) is 29.3 Å². The first kappa shape index (κ1) is 13.5. The maximum absolute atomic E-state index is 12.2. The lowest BCUT2D eigenvalue weighted by Crippen LogP contribution is -2.32. The van der Waals surface area contributed by atoms with E-state index in [2.05, 4.69) is 27.8 Å². The third-order valence-electron chi connectivity index (χ3n) is 2.95. The molecule has 2 rings (SSSR count). The summed E-state index contributed by atoms with van der Waals surface area (Å²) in [5, 5.41) is 14.0. The van der Waals surface area contributed by atoms with Gasteiger partial charge in [0.1, 0.15) is 0 Å². The number of amides is 1. The lowest BCUT2D eigenvalue weighted by Gasteiger charge is -2.07. The van der Waals surface area contributed by atoms with Gasteiger partial charge in [0.05, 0.1) is 17.3 Å². The van der Waals surface area contributed by atoms with Gasteiger partial charge in [0.2, 0.25) is 0 Å². The number of fused-ring (bicyclic) bond motifs is 1. The number of nitrogens with zero attached hydrogens (tertiary/aromatic N) is 1. The van der Waals surface area contributed by atoms with Gasteiger partial charge in [0.15, 0.2) is 0 Å². The van der Waals surface area contributed by atoms with Gasteiger partial charge < -0.3 is 10.6 Å². The largest absolute Gasteiger partial charge is 0.351 e. The van der Waals surface area contributed by atoms with E-state index in [-0.39, 0.29) is 5.91 Å². The predicted octanol–water partition coefficient (Wildman–Crippen LogP) is 1.60. The number of aryl methyl sites for hydroxylation is 1. The predicted molar refractivity (Wildman–Crippen MR) is 76.3 cm³/mol. The minimum atomic E-state index is -0.0590. The number of hydrogen-bond donors (Lipinski definition) is 3. The Hall–Kier alpha value is -1.88. The molecule has 102 valence electrons. The highest BCUT2D eigenvalue weighted by molar-refractivity contribution is 6.05. The third kappa shape index (κ3) is 3.32. The molecule has 0 saturated carbocycles. The number of carbonyl (C=O) groups is 1. The van der Waals surface area contributed by atoms with Crippen LogP contribution in [0, 0.1) is 6.92 Å². The number of rotatable bonds is 6. The van der Waals surface area contributed by atoms with Crippen molar-refractivity contribution in [3.63, 3.8) is 0 Å². The molecule has 0 aliphatic heterocycles. The molecule has 3 N–H and O–H groups in total. The average Bonchev–Trinajstić information content (AvgIpc) is 2.85. The summed E-state index contributed by atoms with van der Waals surface area (Å²) < 4.78 is 0. The van der Waals surface area contributed by atoms with Crippen molar-refractivity contribution >= 4 is 16.8 Å². The van der Waals surface area contributed by atoms with Gasteiger partial charge in [-0.15, -0.1) is 0 Å². The molecule has 0 saturated heterocycles. The topological polar surface area (TPSA) is 69.8 Å². The minimum Gasteiger partial charge on any atom is -0.351 e. The fourth-order valence-corrected chi connectivity index (χ4v) is 2.05. The average molecular weight is 260 g/mol. The number of benzene rings is 1. The van der Waals surface area contributed by atoms with Crippen molar-refractivity contribution in [2.75, 3.05) is 19.6 Å². The Morgan fingerprint density at radius 1 is 1.32 bits per heavy atom. The number of hydrogen-bond acceptors (Lipinski definition) is 3. The van der Waals surface area contributed by atoms with Crippen LogP contribution in [0.5, 0.6) is 0 Å². The molecule has 0 atom stereocenters. The molecule has 0 aliphatic rings. The van der Waals surface area contributed by atoms with E-state index in [1.165, 1.54) is 0 Å². The van der Waals surface area contributed by atoms with Crippen LogP contribution in [0.25, 0.3) is 10.9 Å². The van der Waals surface area contributed by atoms with E-state index >= 15 is 0 Å². The molecule has 1 aromatic heterocycles. The molecular formula is C14H20N4O. The van der Waals surface area contributed by atoms with Gasteiger partial charge >= 0.3 is 0 Å². The third-order valence-corrected chi connectivity index (χ3v) is 2.95. The molecule has 0 spiro atoms. The van der Waals surface area contributed by atoms with Crippen LogP contribution in [0.4, 0.5) is 0 Å². The van der Waals surface area contributed by atoms with Crippen molar-refractivity contribution in [1.82, 2.24) is 20.8 Å². The van der Waals surface area contributed by atoms with E-state index < -0.39 is 0 Å². The van der Waals surface area contributed by atoms with Gasteiger partial charge in [-0.1, -0.05) is 6.92 Å². The Morgan fingerprint density at radius 3 is 2.95 bits per heavy atom. The first-order chi connectivity index (χ1) is 9.22. The fourth-order valence-electron chi connectivity index (χ4n) is 2.05. The van der Waals surface area contributed by atoms with Crippen molar-refractivity contribution in [1.29, 1.82) is 0 Å². The van der Waals surface area contributed by atoms with Crippen LogP contribution in [0.2, 0.25) is 0 Å². The molecule has 0 fully saturated rings. The monoisotopic (exact) mass is 260 g/mol. The van der Waals surface area contributed by atoms with Crippen molar-refractivity contribution in [2.24, 2.45) is 0 Å². The van der Waals surface area contributed by atoms with Gasteiger partial charge in [-0.2, -0.15) is 5.10 Å². The number of H-pyrrole nitrogens is 1. The molecule has 5 nitrogen and oxygen atoms in total. The van der Waals surface area contributed by atoms with Crippen LogP contribution in [-0.2, 0) is 0 Å². The maximum atomic E-state index is 12.2. The molecule has 0 unspecified atom stereocenters. The number of carbonyl (C=O) groups excluding carboxylic acids is 1. The SMILES string of the molecule is CCCNCCNC(=O)c1cc(C)cc2cn[nH]c12. The summed E-state index contributed by atoms with van der Waals surface area (Å²) in [5.74, 6) is -0.0590. The Kier molecular flexibility index (Phi) is 4.52. The first-order valence-electron chi connectivity index (χ1n) is 6.65. The molecule has 1 heterocycles. The Morgan fingerprint density at radius 2 is 2.16 bits per heavy atom. The van der Waals surface area contributed by atoms with Crippen LogP contribution < -0.4 is 10.6 Å². The summed E-state index contributed by atoms with van der Waals surface area (Å²) in [6.45, 7) is 6.49. The zero-order valence-electron chi connectivity index (χ0n) is 11.4. The lowest BCUT2D eigenvalue weighted by atomic mass is 10.1. The molecule has 1 amide bonds. The smallest absolute Gasteiger partial charge is 0.253 e. The van der Waals surface area contributed by atoms with Crippen LogP contribution in [-0.4, -0.2) is 35.7 Å². The summed E-state index contributed by atoms with van der Waals surface area (Å²) in [4.78, 5) is 12.2. The van der Waals surface area contributed by atoms with E-state index in [0.29, 0.717) is 12.1 Å². The first-order valence-corrected chi connectivity index (χ1v) is 6.65. The molecule has 5 heteroatoms. The Labute approximate surface area is 112 Å². The molecule has 19 heavy (non-hydrogen) atoms. The summed E-state index contributed by atoms with van der Waals surface area (Å²) in [5.41, 5.74) is 2.51. The van der Waals surface area contributed by atoms with Crippen molar-refractivity contribution in [3.05, 3.63) is 29.5 Å². The molecular weight excluding hydrogens is 240 g/mol. The van der Waals surface area contributed by atoms with E-state index in [9.17, 15) is 4.79 Å². The standard InChI is InChI=1S/C14H20N4O/c1-3-4-15-5-6-16-14(19)12-8-10(2)7-11-9-17-18-13(11)12/h7-9,15H,3-6H2,1-2H3,(H,16,19)(H,17,18). The fraction of sp³-hybridized carbons (Fsp3) is 0.429.